The number of carbonyl (C=O) groups excluding carboxylic acids is 1. The van der Waals surface area contributed by atoms with Gasteiger partial charge in [0.25, 0.3) is 5.91 Å². The molecule has 3 rings (SSSR count). The largest absolute Gasteiger partial charge is 0.478 e. The summed E-state index contributed by atoms with van der Waals surface area (Å²) >= 11 is 0. The molecule has 0 fully saturated rings. The van der Waals surface area contributed by atoms with E-state index in [4.69, 9.17) is 10.5 Å². The van der Waals surface area contributed by atoms with E-state index in [1.807, 2.05) is 42.2 Å². The number of ether oxygens (including phenoxy) is 1. The van der Waals surface area contributed by atoms with Crippen LogP contribution in [0.15, 0.2) is 42.5 Å². The molecule has 126 valence electrons. The molecular weight excluding hydrogens is 300 g/mol. The van der Waals surface area contributed by atoms with Crippen LogP contribution in [-0.2, 0) is 11.2 Å². The van der Waals surface area contributed by atoms with Gasteiger partial charge in [-0.15, -0.1) is 0 Å². The highest BCUT2D eigenvalue weighted by Gasteiger charge is 2.34. The maximum atomic E-state index is 13.0. The first kappa shape index (κ1) is 16.4. The standard InChI is InChI=1S/C20H24N2O2/c1-13(2)12-22-17-8-7-16(21)11-18(17)24-19(20(22)23)10-15-6-4-5-14(3)9-15/h4-9,11,13,19H,10,12,21H2,1-3H3. The molecular formula is C20H24N2O2. The van der Waals surface area contributed by atoms with Gasteiger partial charge in [0.05, 0.1) is 5.69 Å². The van der Waals surface area contributed by atoms with E-state index in [9.17, 15) is 4.79 Å². The summed E-state index contributed by atoms with van der Waals surface area (Å²) in [6.45, 7) is 6.93. The Hall–Kier alpha value is -2.49. The number of hydrogen-bond donors (Lipinski definition) is 1. The predicted octanol–water partition coefficient (Wildman–Crippen LogP) is 3.57. The molecule has 1 unspecified atom stereocenters. The first-order valence-electron chi connectivity index (χ1n) is 8.37. The molecule has 0 saturated carbocycles. The van der Waals surface area contributed by atoms with Crippen LogP contribution in [-0.4, -0.2) is 18.6 Å². The molecule has 0 spiro atoms. The Balaban J connectivity index is 1.92. The van der Waals surface area contributed by atoms with Crippen LogP contribution in [0.1, 0.15) is 25.0 Å². The molecule has 0 bridgehead atoms. The molecule has 0 saturated heterocycles. The number of anilines is 2. The predicted molar refractivity (Wildman–Crippen MR) is 97.3 cm³/mol. The van der Waals surface area contributed by atoms with Crippen LogP contribution in [0.5, 0.6) is 5.75 Å². The van der Waals surface area contributed by atoms with Crippen LogP contribution >= 0.6 is 0 Å². The van der Waals surface area contributed by atoms with Gasteiger partial charge in [-0.25, -0.2) is 0 Å². The number of nitrogen functional groups attached to an aromatic ring is 1. The number of hydrogen-bond acceptors (Lipinski definition) is 3. The Morgan fingerprint density at radius 1 is 1.21 bits per heavy atom. The summed E-state index contributed by atoms with van der Waals surface area (Å²) < 4.78 is 6.01. The SMILES string of the molecule is Cc1cccc(CC2Oc3cc(N)ccc3N(CC(C)C)C2=O)c1. The zero-order valence-corrected chi connectivity index (χ0v) is 14.5. The molecule has 4 heteroatoms. The fraction of sp³-hybridized carbons (Fsp3) is 0.350. The van der Waals surface area contributed by atoms with Crippen molar-refractivity contribution in [2.24, 2.45) is 5.92 Å². The maximum Gasteiger partial charge on any atom is 0.268 e. The van der Waals surface area contributed by atoms with Crippen LogP contribution in [0, 0.1) is 12.8 Å². The lowest BCUT2D eigenvalue weighted by Gasteiger charge is -2.35. The van der Waals surface area contributed by atoms with Crippen molar-refractivity contribution in [1.82, 2.24) is 0 Å². The molecule has 1 heterocycles. The van der Waals surface area contributed by atoms with Gasteiger partial charge in [-0.3, -0.25) is 4.79 Å². The van der Waals surface area contributed by atoms with Crippen molar-refractivity contribution in [3.8, 4) is 5.75 Å². The van der Waals surface area contributed by atoms with E-state index in [1.165, 1.54) is 5.56 Å². The topological polar surface area (TPSA) is 55.6 Å². The summed E-state index contributed by atoms with van der Waals surface area (Å²) in [5.74, 6) is 1.08. The van der Waals surface area contributed by atoms with Crippen LogP contribution in [0.2, 0.25) is 0 Å². The summed E-state index contributed by atoms with van der Waals surface area (Å²) in [6.07, 6.45) is 0.0448. The highest BCUT2D eigenvalue weighted by molar-refractivity contribution is 6.00. The van der Waals surface area contributed by atoms with E-state index in [-0.39, 0.29) is 5.91 Å². The third kappa shape index (κ3) is 3.37. The first-order chi connectivity index (χ1) is 11.4. The highest BCUT2D eigenvalue weighted by atomic mass is 16.5. The van der Waals surface area contributed by atoms with Crippen molar-refractivity contribution in [3.05, 3.63) is 53.6 Å². The smallest absolute Gasteiger partial charge is 0.268 e. The quantitative estimate of drug-likeness (QED) is 0.875. The second-order valence-electron chi connectivity index (χ2n) is 6.87. The lowest BCUT2D eigenvalue weighted by Crippen LogP contribution is -2.48. The molecule has 24 heavy (non-hydrogen) atoms. The summed E-state index contributed by atoms with van der Waals surface area (Å²) in [5, 5.41) is 0. The minimum absolute atomic E-state index is 0.0162. The summed E-state index contributed by atoms with van der Waals surface area (Å²) in [5.41, 5.74) is 9.63. The molecule has 2 aromatic rings. The Morgan fingerprint density at radius 2 is 2.00 bits per heavy atom. The molecule has 0 radical (unpaired) electrons. The van der Waals surface area contributed by atoms with E-state index >= 15 is 0 Å². The normalized spacial score (nSPS) is 16.9. The van der Waals surface area contributed by atoms with Crippen LogP contribution in [0.25, 0.3) is 0 Å². The number of nitrogens with zero attached hydrogens (tertiary/aromatic N) is 1. The number of benzene rings is 2. The zero-order chi connectivity index (χ0) is 17.3. The summed E-state index contributed by atoms with van der Waals surface area (Å²) in [6, 6.07) is 13.7. The molecule has 1 aliphatic heterocycles. The third-order valence-corrected chi connectivity index (χ3v) is 4.14. The van der Waals surface area contributed by atoms with Gasteiger partial charge in [-0.1, -0.05) is 43.7 Å². The lowest BCUT2D eigenvalue weighted by atomic mass is 10.0. The van der Waals surface area contributed by atoms with E-state index < -0.39 is 6.10 Å². The number of aryl methyl sites for hydroxylation is 1. The Labute approximate surface area is 143 Å². The number of amides is 1. The number of nitrogens with two attached hydrogens (primary N) is 1. The zero-order valence-electron chi connectivity index (χ0n) is 14.5. The number of rotatable bonds is 4. The van der Waals surface area contributed by atoms with Crippen LogP contribution in [0.4, 0.5) is 11.4 Å². The summed E-state index contributed by atoms with van der Waals surface area (Å²) in [4.78, 5) is 14.8. The van der Waals surface area contributed by atoms with Crippen molar-refractivity contribution in [2.45, 2.75) is 33.3 Å². The van der Waals surface area contributed by atoms with E-state index in [0.717, 1.165) is 11.3 Å². The molecule has 1 atom stereocenters. The van der Waals surface area contributed by atoms with E-state index in [0.29, 0.717) is 30.3 Å². The van der Waals surface area contributed by atoms with Gasteiger partial charge < -0.3 is 15.4 Å². The molecule has 1 amide bonds. The molecule has 2 N–H and O–H groups in total. The minimum atomic E-state index is -0.514. The minimum Gasteiger partial charge on any atom is -0.478 e. The average molecular weight is 324 g/mol. The first-order valence-corrected chi connectivity index (χ1v) is 8.37. The van der Waals surface area contributed by atoms with Crippen LogP contribution in [0.3, 0.4) is 0 Å². The van der Waals surface area contributed by atoms with Gasteiger partial charge in [0, 0.05) is 24.7 Å². The van der Waals surface area contributed by atoms with Crippen molar-refractivity contribution in [3.63, 3.8) is 0 Å². The van der Waals surface area contributed by atoms with Crippen molar-refractivity contribution < 1.29 is 9.53 Å². The fourth-order valence-electron chi connectivity index (χ4n) is 3.08. The van der Waals surface area contributed by atoms with Gasteiger partial charge in [-0.2, -0.15) is 0 Å². The monoisotopic (exact) mass is 324 g/mol. The second kappa shape index (κ2) is 6.56. The Kier molecular flexibility index (Phi) is 4.47. The summed E-state index contributed by atoms with van der Waals surface area (Å²) in [7, 11) is 0. The molecule has 0 aromatic heterocycles. The van der Waals surface area contributed by atoms with Gasteiger partial charge in [-0.05, 0) is 30.5 Å². The van der Waals surface area contributed by atoms with Gasteiger partial charge in [0.15, 0.2) is 6.10 Å². The second-order valence-corrected chi connectivity index (χ2v) is 6.87. The molecule has 4 nitrogen and oxygen atoms in total. The van der Waals surface area contributed by atoms with Crippen molar-refractivity contribution >= 4 is 17.3 Å². The van der Waals surface area contributed by atoms with Gasteiger partial charge in [0.2, 0.25) is 0 Å². The van der Waals surface area contributed by atoms with Gasteiger partial charge >= 0.3 is 0 Å². The third-order valence-electron chi connectivity index (χ3n) is 4.14. The molecule has 2 aromatic carbocycles. The molecule has 1 aliphatic rings. The van der Waals surface area contributed by atoms with Gasteiger partial charge in [0.1, 0.15) is 5.75 Å². The number of carbonyl (C=O) groups is 1. The Bertz CT molecular complexity index is 755. The van der Waals surface area contributed by atoms with E-state index in [2.05, 4.69) is 19.9 Å². The van der Waals surface area contributed by atoms with Crippen molar-refractivity contribution in [1.29, 1.82) is 0 Å². The number of fused-ring (bicyclic) bond motifs is 1. The van der Waals surface area contributed by atoms with Crippen molar-refractivity contribution in [2.75, 3.05) is 17.2 Å². The van der Waals surface area contributed by atoms with Crippen LogP contribution < -0.4 is 15.4 Å². The fourth-order valence-corrected chi connectivity index (χ4v) is 3.08. The maximum absolute atomic E-state index is 13.0. The average Bonchev–Trinajstić information content (AvgIpc) is 2.51. The molecule has 0 aliphatic carbocycles. The Morgan fingerprint density at radius 3 is 2.71 bits per heavy atom. The highest BCUT2D eigenvalue weighted by Crippen LogP contribution is 2.36. The lowest BCUT2D eigenvalue weighted by molar-refractivity contribution is -0.126. The van der Waals surface area contributed by atoms with E-state index in [1.54, 1.807) is 6.07 Å².